The van der Waals surface area contributed by atoms with E-state index in [1.807, 2.05) is 0 Å². The van der Waals surface area contributed by atoms with E-state index in [2.05, 4.69) is 0 Å². The molecule has 0 aromatic heterocycles. The number of hydrogen-bond acceptors (Lipinski definition) is 4. The Morgan fingerprint density at radius 1 is 1.42 bits per heavy atom. The average Bonchev–Trinajstić information content (AvgIpc) is 2.80. The monoisotopic (exact) mass is 284 g/mol. The Hall–Kier alpha value is -1.40. The van der Waals surface area contributed by atoms with Crippen molar-refractivity contribution in [2.75, 3.05) is 12.4 Å². The van der Waals surface area contributed by atoms with Gasteiger partial charge in [0, 0.05) is 6.61 Å². The van der Waals surface area contributed by atoms with Crippen molar-refractivity contribution in [2.24, 2.45) is 0 Å². The molecule has 0 aliphatic carbocycles. The number of rotatable bonds is 5. The fraction of sp³-hybridized carbons (Fsp3) is 0.462. The minimum atomic E-state index is -3.28. The zero-order valence-electron chi connectivity index (χ0n) is 10.4. The van der Waals surface area contributed by atoms with Crippen LogP contribution in [0.1, 0.15) is 28.8 Å². The molecule has 1 atom stereocenters. The molecule has 1 aliphatic heterocycles. The maximum Gasteiger partial charge on any atom is 0.335 e. The number of sulfone groups is 1. The minimum Gasteiger partial charge on any atom is -0.478 e. The molecule has 0 amide bonds. The number of hydrogen-bond donors (Lipinski definition) is 1. The average molecular weight is 284 g/mol. The molecule has 1 unspecified atom stereocenters. The van der Waals surface area contributed by atoms with Crippen LogP contribution in [0.25, 0.3) is 0 Å². The summed E-state index contributed by atoms with van der Waals surface area (Å²) in [5, 5.41) is 8.87. The van der Waals surface area contributed by atoms with Crippen molar-refractivity contribution in [3.05, 3.63) is 35.4 Å². The van der Waals surface area contributed by atoms with Crippen molar-refractivity contribution in [2.45, 2.75) is 24.7 Å². The third-order valence-corrected chi connectivity index (χ3v) is 4.68. The Balaban J connectivity index is 2.06. The number of benzene rings is 1. The zero-order valence-corrected chi connectivity index (χ0v) is 11.2. The lowest BCUT2D eigenvalue weighted by Crippen LogP contribution is -2.21. The molecule has 0 radical (unpaired) electrons. The van der Waals surface area contributed by atoms with Gasteiger partial charge in [-0.3, -0.25) is 0 Å². The molecule has 104 valence electrons. The molecule has 2 rings (SSSR count). The Morgan fingerprint density at radius 2 is 2.21 bits per heavy atom. The van der Waals surface area contributed by atoms with E-state index in [1.165, 1.54) is 12.1 Å². The van der Waals surface area contributed by atoms with Crippen LogP contribution in [0.4, 0.5) is 0 Å². The Kier molecular flexibility index (Phi) is 4.21. The molecule has 1 aliphatic rings. The third-order valence-electron chi connectivity index (χ3n) is 3.02. The van der Waals surface area contributed by atoms with Crippen molar-refractivity contribution >= 4 is 15.8 Å². The summed E-state index contributed by atoms with van der Waals surface area (Å²) in [6.45, 7) is 0.620. The third kappa shape index (κ3) is 4.04. The second-order valence-corrected chi connectivity index (χ2v) is 6.80. The summed E-state index contributed by atoms with van der Waals surface area (Å²) in [6, 6.07) is 6.02. The van der Waals surface area contributed by atoms with Gasteiger partial charge in [0.25, 0.3) is 0 Å². The lowest BCUT2D eigenvalue weighted by molar-refractivity contribution is 0.0696. The van der Waals surface area contributed by atoms with Gasteiger partial charge in [-0.05, 0) is 30.5 Å². The quantitative estimate of drug-likeness (QED) is 0.885. The van der Waals surface area contributed by atoms with Crippen molar-refractivity contribution in [1.82, 2.24) is 0 Å². The van der Waals surface area contributed by atoms with Gasteiger partial charge in [0.1, 0.15) is 0 Å². The summed E-state index contributed by atoms with van der Waals surface area (Å²) < 4.78 is 29.3. The molecule has 1 fully saturated rings. The highest BCUT2D eigenvalue weighted by Crippen LogP contribution is 2.17. The van der Waals surface area contributed by atoms with Crippen LogP contribution in [0.2, 0.25) is 0 Å². The summed E-state index contributed by atoms with van der Waals surface area (Å²) in [5.41, 5.74) is 0.600. The molecule has 0 saturated carbocycles. The highest BCUT2D eigenvalue weighted by atomic mass is 32.2. The van der Waals surface area contributed by atoms with Gasteiger partial charge >= 0.3 is 5.97 Å². The first-order valence-corrected chi connectivity index (χ1v) is 7.93. The van der Waals surface area contributed by atoms with E-state index in [9.17, 15) is 13.2 Å². The highest BCUT2D eigenvalue weighted by Gasteiger charge is 2.23. The largest absolute Gasteiger partial charge is 0.478 e. The minimum absolute atomic E-state index is 0.00426. The first-order valence-electron chi connectivity index (χ1n) is 6.10. The molecule has 19 heavy (non-hydrogen) atoms. The summed E-state index contributed by atoms with van der Waals surface area (Å²) in [7, 11) is -3.28. The van der Waals surface area contributed by atoms with E-state index in [1.54, 1.807) is 12.1 Å². The SMILES string of the molecule is O=C(O)c1cccc(CS(=O)(=O)CC2CCCO2)c1. The fourth-order valence-corrected chi connectivity index (χ4v) is 3.80. The van der Waals surface area contributed by atoms with E-state index >= 15 is 0 Å². The van der Waals surface area contributed by atoms with Gasteiger partial charge in [-0.15, -0.1) is 0 Å². The topological polar surface area (TPSA) is 80.7 Å². The van der Waals surface area contributed by atoms with Gasteiger partial charge in [0.15, 0.2) is 9.84 Å². The molecule has 1 aromatic carbocycles. The number of carboxylic acids is 1. The van der Waals surface area contributed by atoms with E-state index in [4.69, 9.17) is 9.84 Å². The predicted molar refractivity (Wildman–Crippen MR) is 69.9 cm³/mol. The summed E-state index contributed by atoms with van der Waals surface area (Å²) in [5.74, 6) is -1.20. The zero-order chi connectivity index (χ0) is 13.9. The molecule has 0 spiro atoms. The van der Waals surface area contributed by atoms with E-state index in [0.29, 0.717) is 12.2 Å². The lowest BCUT2D eigenvalue weighted by Gasteiger charge is -2.10. The van der Waals surface area contributed by atoms with E-state index in [-0.39, 0.29) is 23.2 Å². The summed E-state index contributed by atoms with van der Waals surface area (Å²) in [6.07, 6.45) is 1.45. The highest BCUT2D eigenvalue weighted by molar-refractivity contribution is 7.90. The molecule has 5 nitrogen and oxygen atoms in total. The van der Waals surface area contributed by atoms with Crippen LogP contribution >= 0.6 is 0 Å². The van der Waals surface area contributed by atoms with Gasteiger partial charge in [-0.2, -0.15) is 0 Å². The molecule has 6 heteroatoms. The molecular weight excluding hydrogens is 268 g/mol. The number of ether oxygens (including phenoxy) is 1. The van der Waals surface area contributed by atoms with Crippen LogP contribution in [-0.4, -0.2) is 38.0 Å². The van der Waals surface area contributed by atoms with Gasteiger partial charge in [0.2, 0.25) is 0 Å². The fourth-order valence-electron chi connectivity index (χ4n) is 2.17. The van der Waals surface area contributed by atoms with Crippen LogP contribution in [0, 0.1) is 0 Å². The van der Waals surface area contributed by atoms with Crippen molar-refractivity contribution in [3.63, 3.8) is 0 Å². The smallest absolute Gasteiger partial charge is 0.335 e. The van der Waals surface area contributed by atoms with Crippen molar-refractivity contribution in [3.8, 4) is 0 Å². The number of carbonyl (C=O) groups is 1. The second-order valence-electron chi connectivity index (χ2n) is 4.70. The first-order chi connectivity index (χ1) is 8.96. The predicted octanol–water partition coefficient (Wildman–Crippen LogP) is 1.48. The van der Waals surface area contributed by atoms with Crippen LogP contribution in [0.15, 0.2) is 24.3 Å². The number of carboxylic acid groups (broad SMARTS) is 1. The maximum atomic E-state index is 12.0. The van der Waals surface area contributed by atoms with Gasteiger partial charge in [0.05, 0.1) is 23.2 Å². The normalized spacial score (nSPS) is 19.5. The van der Waals surface area contributed by atoms with Gasteiger partial charge in [-0.25, -0.2) is 13.2 Å². The Bertz CT molecular complexity index is 558. The van der Waals surface area contributed by atoms with E-state index < -0.39 is 15.8 Å². The first kappa shape index (κ1) is 14.0. The van der Waals surface area contributed by atoms with Crippen molar-refractivity contribution < 1.29 is 23.1 Å². The maximum absolute atomic E-state index is 12.0. The molecule has 1 heterocycles. The summed E-state index contributed by atoms with van der Waals surface area (Å²) >= 11 is 0. The number of aromatic carboxylic acids is 1. The van der Waals surface area contributed by atoms with Crippen LogP contribution in [0.5, 0.6) is 0 Å². The molecule has 1 N–H and O–H groups in total. The summed E-state index contributed by atoms with van der Waals surface area (Å²) in [4.78, 5) is 10.8. The van der Waals surface area contributed by atoms with Crippen LogP contribution in [-0.2, 0) is 20.3 Å². The standard InChI is InChI=1S/C13H16O5S/c14-13(15)11-4-1-3-10(7-11)8-19(16,17)9-12-5-2-6-18-12/h1,3-4,7,12H,2,5-6,8-9H2,(H,14,15). The van der Waals surface area contributed by atoms with E-state index in [0.717, 1.165) is 12.8 Å². The molecule has 1 aromatic rings. The Morgan fingerprint density at radius 3 is 2.84 bits per heavy atom. The van der Waals surface area contributed by atoms with Gasteiger partial charge in [-0.1, -0.05) is 12.1 Å². The molecule has 1 saturated heterocycles. The van der Waals surface area contributed by atoms with Crippen LogP contribution < -0.4 is 0 Å². The molecule has 0 bridgehead atoms. The van der Waals surface area contributed by atoms with Gasteiger partial charge < -0.3 is 9.84 Å². The van der Waals surface area contributed by atoms with Crippen LogP contribution in [0.3, 0.4) is 0 Å². The second kappa shape index (κ2) is 5.71. The lowest BCUT2D eigenvalue weighted by atomic mass is 10.1. The molecular formula is C13H16O5S. The van der Waals surface area contributed by atoms with Crippen molar-refractivity contribution in [1.29, 1.82) is 0 Å². The Labute approximate surface area is 112 Å².